The highest BCUT2D eigenvalue weighted by molar-refractivity contribution is 5.89. The number of aliphatic hydroxyl groups is 1. The van der Waals surface area contributed by atoms with Crippen LogP contribution in [0.15, 0.2) is 84.9 Å². The summed E-state index contributed by atoms with van der Waals surface area (Å²) in [6.07, 6.45) is 2.44. The molecule has 1 aliphatic rings. The number of hydrogen-bond acceptors (Lipinski definition) is 4. The molecule has 5 rings (SSSR count). The first-order valence-electron chi connectivity index (χ1n) is 13.9. The third-order valence-corrected chi connectivity index (χ3v) is 7.97. The van der Waals surface area contributed by atoms with Gasteiger partial charge in [0, 0.05) is 19.4 Å². The molecule has 39 heavy (non-hydrogen) atoms. The number of amides is 2. The number of fused-ring (bicyclic) bond motifs is 2. The van der Waals surface area contributed by atoms with E-state index in [9.17, 15) is 14.7 Å². The predicted octanol–water partition coefficient (Wildman–Crippen LogP) is 4.08. The van der Waals surface area contributed by atoms with Gasteiger partial charge in [0.25, 0.3) is 0 Å². The van der Waals surface area contributed by atoms with Crippen molar-refractivity contribution in [3.63, 3.8) is 0 Å². The molecule has 1 aliphatic heterocycles. The van der Waals surface area contributed by atoms with E-state index in [0.29, 0.717) is 12.8 Å². The summed E-state index contributed by atoms with van der Waals surface area (Å²) in [6.45, 7) is 1.44. The van der Waals surface area contributed by atoms with E-state index in [1.54, 1.807) is 11.9 Å². The standard InChI is InChI=1S/C33H37N3O3/c1-36(30(22-37)20-23-10-12-25-6-2-4-8-28(25)18-23)33(39)31(35-32(38)27-14-16-34-17-15-27)21-24-11-13-26-7-3-5-9-29(26)19-24/h2-13,18-19,27,30-31,34,37H,14-17,20-22H2,1H3,(H,35,38)/t30-,31-/m1/s1. The van der Waals surface area contributed by atoms with Gasteiger partial charge in [-0.3, -0.25) is 9.59 Å². The molecule has 0 bridgehead atoms. The third kappa shape index (κ3) is 6.47. The summed E-state index contributed by atoms with van der Waals surface area (Å²) in [5.74, 6) is -0.362. The Bertz CT molecular complexity index is 1450. The molecule has 3 N–H and O–H groups in total. The Morgan fingerprint density at radius 1 is 0.846 bits per heavy atom. The topological polar surface area (TPSA) is 81.7 Å². The Kier molecular flexibility index (Phi) is 8.54. The number of nitrogens with one attached hydrogen (secondary N) is 2. The van der Waals surface area contributed by atoms with Crippen LogP contribution in [0, 0.1) is 5.92 Å². The van der Waals surface area contributed by atoms with Gasteiger partial charge in [0.15, 0.2) is 0 Å². The molecule has 0 radical (unpaired) electrons. The maximum absolute atomic E-state index is 13.9. The minimum Gasteiger partial charge on any atom is -0.394 e. The molecule has 4 aromatic rings. The van der Waals surface area contributed by atoms with Crippen molar-refractivity contribution in [1.29, 1.82) is 0 Å². The van der Waals surface area contributed by atoms with E-state index in [1.165, 1.54) is 0 Å². The lowest BCUT2D eigenvalue weighted by Gasteiger charge is -2.32. The molecule has 202 valence electrons. The Labute approximate surface area is 230 Å². The molecule has 0 unspecified atom stereocenters. The quantitative estimate of drug-likeness (QED) is 0.309. The Morgan fingerprint density at radius 2 is 1.38 bits per heavy atom. The number of nitrogens with zero attached hydrogens (tertiary/aromatic N) is 1. The minimum atomic E-state index is -0.718. The van der Waals surface area contributed by atoms with Crippen molar-refractivity contribution in [2.75, 3.05) is 26.7 Å². The number of piperidine rings is 1. The van der Waals surface area contributed by atoms with Crippen molar-refractivity contribution in [3.8, 4) is 0 Å². The zero-order valence-corrected chi connectivity index (χ0v) is 22.5. The fraction of sp³-hybridized carbons (Fsp3) is 0.333. The number of carbonyl (C=O) groups is 2. The molecule has 0 aromatic heterocycles. The first kappa shape index (κ1) is 26.9. The Morgan fingerprint density at radius 3 is 1.95 bits per heavy atom. The van der Waals surface area contributed by atoms with Crippen LogP contribution >= 0.6 is 0 Å². The minimum absolute atomic E-state index is 0.0703. The highest BCUT2D eigenvalue weighted by Gasteiger charge is 2.31. The molecule has 6 nitrogen and oxygen atoms in total. The fourth-order valence-corrected chi connectivity index (χ4v) is 5.56. The zero-order chi connectivity index (χ0) is 27.2. The van der Waals surface area contributed by atoms with Gasteiger partial charge in [-0.2, -0.15) is 0 Å². The average molecular weight is 524 g/mol. The molecule has 6 heteroatoms. The van der Waals surface area contributed by atoms with Gasteiger partial charge in [0.05, 0.1) is 12.6 Å². The van der Waals surface area contributed by atoms with Crippen molar-refractivity contribution in [3.05, 3.63) is 96.1 Å². The number of hydrogen-bond donors (Lipinski definition) is 3. The molecule has 2 amide bonds. The Balaban J connectivity index is 1.36. The van der Waals surface area contributed by atoms with Gasteiger partial charge in [-0.15, -0.1) is 0 Å². The van der Waals surface area contributed by atoms with Crippen LogP contribution in [0.25, 0.3) is 21.5 Å². The highest BCUT2D eigenvalue weighted by atomic mass is 16.3. The number of rotatable bonds is 9. The molecule has 1 fully saturated rings. The zero-order valence-electron chi connectivity index (χ0n) is 22.5. The highest BCUT2D eigenvalue weighted by Crippen LogP contribution is 2.21. The summed E-state index contributed by atoms with van der Waals surface area (Å²) >= 11 is 0. The Hall–Kier alpha value is -3.74. The summed E-state index contributed by atoms with van der Waals surface area (Å²) in [6, 6.07) is 27.6. The molecule has 2 atom stereocenters. The van der Waals surface area contributed by atoms with Crippen LogP contribution in [0.1, 0.15) is 24.0 Å². The smallest absolute Gasteiger partial charge is 0.245 e. The number of benzene rings is 4. The number of carbonyl (C=O) groups excluding carboxylic acids is 2. The van der Waals surface area contributed by atoms with Gasteiger partial charge in [0.2, 0.25) is 11.8 Å². The van der Waals surface area contributed by atoms with E-state index < -0.39 is 12.1 Å². The first-order valence-corrected chi connectivity index (χ1v) is 13.9. The lowest BCUT2D eigenvalue weighted by Crippen LogP contribution is -2.54. The largest absolute Gasteiger partial charge is 0.394 e. The van der Waals surface area contributed by atoms with E-state index in [1.807, 2.05) is 30.3 Å². The molecular formula is C33H37N3O3. The molecule has 1 saturated heterocycles. The van der Waals surface area contributed by atoms with E-state index in [4.69, 9.17) is 0 Å². The fourth-order valence-electron chi connectivity index (χ4n) is 5.56. The summed E-state index contributed by atoms with van der Waals surface area (Å²) < 4.78 is 0. The third-order valence-electron chi connectivity index (χ3n) is 7.97. The van der Waals surface area contributed by atoms with Gasteiger partial charge < -0.3 is 20.6 Å². The normalized spacial score (nSPS) is 15.6. The average Bonchev–Trinajstić information content (AvgIpc) is 2.99. The molecule has 1 heterocycles. The van der Waals surface area contributed by atoms with Crippen molar-refractivity contribution >= 4 is 33.4 Å². The van der Waals surface area contributed by atoms with Crippen molar-refractivity contribution in [2.24, 2.45) is 5.92 Å². The van der Waals surface area contributed by atoms with Gasteiger partial charge in [0.1, 0.15) is 6.04 Å². The van der Waals surface area contributed by atoms with Gasteiger partial charge in [-0.25, -0.2) is 0 Å². The van der Waals surface area contributed by atoms with Crippen molar-refractivity contribution < 1.29 is 14.7 Å². The van der Waals surface area contributed by atoms with Gasteiger partial charge in [-0.1, -0.05) is 84.9 Å². The maximum atomic E-state index is 13.9. The van der Waals surface area contributed by atoms with Crippen LogP contribution < -0.4 is 10.6 Å². The SMILES string of the molecule is CN(C(=O)[C@@H](Cc1ccc2ccccc2c1)NC(=O)C1CCNCC1)[C@@H](CO)Cc1ccc2ccccc2c1. The van der Waals surface area contributed by atoms with Crippen LogP contribution in [0.5, 0.6) is 0 Å². The molecule has 0 spiro atoms. The second kappa shape index (κ2) is 12.4. The molecule has 0 saturated carbocycles. The molecule has 0 aliphatic carbocycles. The number of likely N-dealkylation sites (N-methyl/N-ethyl adjacent to an activating group) is 1. The first-order chi connectivity index (χ1) is 19.0. The van der Waals surface area contributed by atoms with Crippen LogP contribution in [0.2, 0.25) is 0 Å². The molecular weight excluding hydrogens is 486 g/mol. The second-order valence-corrected chi connectivity index (χ2v) is 10.6. The van der Waals surface area contributed by atoms with Crippen molar-refractivity contribution in [1.82, 2.24) is 15.5 Å². The summed E-state index contributed by atoms with van der Waals surface area (Å²) in [5.41, 5.74) is 2.04. The lowest BCUT2D eigenvalue weighted by molar-refractivity contribution is -0.138. The second-order valence-electron chi connectivity index (χ2n) is 10.6. The van der Waals surface area contributed by atoms with E-state index in [-0.39, 0.29) is 24.3 Å². The van der Waals surface area contributed by atoms with Crippen LogP contribution in [-0.2, 0) is 22.4 Å². The predicted molar refractivity (Wildman–Crippen MR) is 156 cm³/mol. The van der Waals surface area contributed by atoms with E-state index >= 15 is 0 Å². The summed E-state index contributed by atoms with van der Waals surface area (Å²) in [4.78, 5) is 28.8. The molecule has 4 aromatic carbocycles. The summed E-state index contributed by atoms with van der Waals surface area (Å²) in [7, 11) is 1.73. The number of aliphatic hydroxyl groups excluding tert-OH is 1. The van der Waals surface area contributed by atoms with E-state index in [2.05, 4.69) is 65.2 Å². The van der Waals surface area contributed by atoms with Crippen LogP contribution in [0.3, 0.4) is 0 Å². The van der Waals surface area contributed by atoms with Crippen LogP contribution in [-0.4, -0.2) is 60.6 Å². The maximum Gasteiger partial charge on any atom is 0.245 e. The van der Waals surface area contributed by atoms with Crippen LogP contribution in [0.4, 0.5) is 0 Å². The van der Waals surface area contributed by atoms with Gasteiger partial charge in [-0.05, 0) is 65.0 Å². The summed E-state index contributed by atoms with van der Waals surface area (Å²) in [5, 5.41) is 21.2. The lowest BCUT2D eigenvalue weighted by atomic mass is 9.95. The van der Waals surface area contributed by atoms with Gasteiger partial charge >= 0.3 is 0 Å². The van der Waals surface area contributed by atoms with Crippen molar-refractivity contribution in [2.45, 2.75) is 37.8 Å². The van der Waals surface area contributed by atoms with E-state index in [0.717, 1.165) is 58.6 Å². The monoisotopic (exact) mass is 523 g/mol.